The van der Waals surface area contributed by atoms with Crippen LogP contribution in [-0.2, 0) is 4.79 Å². The molecule has 0 aliphatic rings. The molecule has 1 aromatic heterocycles. The van der Waals surface area contributed by atoms with Gasteiger partial charge in [-0.3, -0.25) is 9.69 Å². The molecule has 0 spiro atoms. The minimum atomic E-state index is -0.00735. The van der Waals surface area contributed by atoms with Crippen LogP contribution in [0.25, 0.3) is 10.4 Å². The van der Waals surface area contributed by atoms with Gasteiger partial charge in [0.1, 0.15) is 0 Å². The number of carbonyl (C=O) groups is 1. The first-order chi connectivity index (χ1) is 10.1. The number of nitrogens with zero attached hydrogens (tertiary/aromatic N) is 2. The summed E-state index contributed by atoms with van der Waals surface area (Å²) in [5.41, 5.74) is 2.08. The Labute approximate surface area is 129 Å². The van der Waals surface area contributed by atoms with Gasteiger partial charge < -0.3 is 5.32 Å². The summed E-state index contributed by atoms with van der Waals surface area (Å²) in [5.74, 6) is -0.00735. The molecule has 4 nitrogen and oxygen atoms in total. The van der Waals surface area contributed by atoms with Crippen molar-refractivity contribution < 1.29 is 4.79 Å². The Hall–Kier alpha value is -1.72. The van der Waals surface area contributed by atoms with Crippen LogP contribution in [0.2, 0.25) is 0 Å². The van der Waals surface area contributed by atoms with E-state index < -0.39 is 0 Å². The maximum absolute atomic E-state index is 12.0. The summed E-state index contributed by atoms with van der Waals surface area (Å²) < 4.78 is 0. The molecule has 2 rings (SSSR count). The van der Waals surface area contributed by atoms with Gasteiger partial charge in [0, 0.05) is 0 Å². The molecule has 0 saturated heterocycles. The molecule has 1 heterocycles. The molecule has 1 amide bonds. The average molecular weight is 303 g/mol. The van der Waals surface area contributed by atoms with Gasteiger partial charge in [0.2, 0.25) is 5.91 Å². The van der Waals surface area contributed by atoms with Crippen LogP contribution in [0, 0.1) is 6.92 Å². The molecule has 1 N–H and O–H groups in total. The molecule has 0 aliphatic carbocycles. The zero-order chi connectivity index (χ0) is 15.2. The Balaban J connectivity index is 2.07. The van der Waals surface area contributed by atoms with Crippen molar-refractivity contribution >= 4 is 22.4 Å². The lowest BCUT2D eigenvalue weighted by molar-refractivity contribution is -0.117. The van der Waals surface area contributed by atoms with Gasteiger partial charge >= 0.3 is 0 Å². The summed E-state index contributed by atoms with van der Waals surface area (Å²) in [7, 11) is 0. The summed E-state index contributed by atoms with van der Waals surface area (Å²) in [6.07, 6.45) is 0. The number of hydrogen-bond donors (Lipinski definition) is 1. The second kappa shape index (κ2) is 7.33. The number of aryl methyl sites for hydroxylation is 1. The van der Waals surface area contributed by atoms with Crippen molar-refractivity contribution in [2.45, 2.75) is 20.8 Å². The van der Waals surface area contributed by atoms with E-state index >= 15 is 0 Å². The van der Waals surface area contributed by atoms with Gasteiger partial charge in [0.15, 0.2) is 5.13 Å². The minimum Gasteiger partial charge on any atom is -0.301 e. The van der Waals surface area contributed by atoms with Crippen LogP contribution < -0.4 is 5.32 Å². The highest BCUT2D eigenvalue weighted by atomic mass is 32.1. The number of hydrogen-bond acceptors (Lipinski definition) is 4. The van der Waals surface area contributed by atoms with E-state index in [1.165, 1.54) is 11.3 Å². The van der Waals surface area contributed by atoms with Crippen molar-refractivity contribution in [2.75, 3.05) is 25.0 Å². The third kappa shape index (κ3) is 4.12. The Kier molecular flexibility index (Phi) is 5.47. The van der Waals surface area contributed by atoms with Gasteiger partial charge in [0.25, 0.3) is 0 Å². The third-order valence-electron chi connectivity index (χ3n) is 3.34. The first-order valence-corrected chi connectivity index (χ1v) is 8.00. The molecule has 5 heteroatoms. The number of aromatic nitrogens is 1. The van der Waals surface area contributed by atoms with Crippen LogP contribution >= 0.6 is 11.3 Å². The summed E-state index contributed by atoms with van der Waals surface area (Å²) in [5, 5.41) is 3.57. The highest BCUT2D eigenvalue weighted by Gasteiger charge is 2.13. The fraction of sp³-hybridized carbons (Fsp3) is 0.375. The van der Waals surface area contributed by atoms with Gasteiger partial charge in [0.05, 0.1) is 17.1 Å². The van der Waals surface area contributed by atoms with Crippen molar-refractivity contribution in [2.24, 2.45) is 0 Å². The van der Waals surface area contributed by atoms with Crippen molar-refractivity contribution in [1.29, 1.82) is 0 Å². The SMILES string of the molecule is CCN(CC)CC(=O)Nc1nc(C)c(-c2ccccc2)s1. The molecule has 0 fully saturated rings. The molecular formula is C16H21N3OS. The van der Waals surface area contributed by atoms with Gasteiger partial charge in [-0.05, 0) is 25.6 Å². The van der Waals surface area contributed by atoms with E-state index in [0.717, 1.165) is 29.2 Å². The first-order valence-electron chi connectivity index (χ1n) is 7.19. The van der Waals surface area contributed by atoms with E-state index in [4.69, 9.17) is 0 Å². The second-order valence-electron chi connectivity index (χ2n) is 4.81. The number of thiazole rings is 1. The van der Waals surface area contributed by atoms with Crippen molar-refractivity contribution in [3.8, 4) is 10.4 Å². The fourth-order valence-corrected chi connectivity index (χ4v) is 3.10. The zero-order valence-electron chi connectivity index (χ0n) is 12.7. The van der Waals surface area contributed by atoms with Crippen LogP contribution in [0.1, 0.15) is 19.5 Å². The monoisotopic (exact) mass is 303 g/mol. The highest BCUT2D eigenvalue weighted by Crippen LogP contribution is 2.32. The predicted molar refractivity (Wildman–Crippen MR) is 88.7 cm³/mol. The second-order valence-corrected chi connectivity index (χ2v) is 5.81. The number of rotatable bonds is 6. The van der Waals surface area contributed by atoms with E-state index in [1.54, 1.807) is 0 Å². The molecule has 21 heavy (non-hydrogen) atoms. The van der Waals surface area contributed by atoms with E-state index in [9.17, 15) is 4.79 Å². The van der Waals surface area contributed by atoms with E-state index in [0.29, 0.717) is 11.7 Å². The molecule has 112 valence electrons. The van der Waals surface area contributed by atoms with Crippen LogP contribution in [0.15, 0.2) is 30.3 Å². The van der Waals surface area contributed by atoms with Crippen molar-refractivity contribution in [3.05, 3.63) is 36.0 Å². The summed E-state index contributed by atoms with van der Waals surface area (Å²) in [4.78, 5) is 19.6. The zero-order valence-corrected chi connectivity index (χ0v) is 13.5. The molecular weight excluding hydrogens is 282 g/mol. The van der Waals surface area contributed by atoms with Crippen molar-refractivity contribution in [1.82, 2.24) is 9.88 Å². The number of benzene rings is 1. The standard InChI is InChI=1S/C16H21N3OS/c1-4-19(5-2)11-14(20)18-16-17-12(3)15(21-16)13-9-7-6-8-10-13/h6-10H,4-5,11H2,1-3H3,(H,17,18,20). The molecule has 0 bridgehead atoms. The van der Waals surface area contributed by atoms with Gasteiger partial charge in [-0.15, -0.1) is 0 Å². The first kappa shape index (κ1) is 15.7. The van der Waals surface area contributed by atoms with E-state index in [-0.39, 0.29) is 5.91 Å². The highest BCUT2D eigenvalue weighted by molar-refractivity contribution is 7.19. The van der Waals surface area contributed by atoms with Gasteiger partial charge in [-0.1, -0.05) is 55.5 Å². The number of likely N-dealkylation sites (N-methyl/N-ethyl adjacent to an activating group) is 1. The van der Waals surface area contributed by atoms with Crippen LogP contribution in [0.3, 0.4) is 0 Å². The topological polar surface area (TPSA) is 45.2 Å². The number of carbonyl (C=O) groups excluding carboxylic acids is 1. The Morgan fingerprint density at radius 2 is 1.90 bits per heavy atom. The molecule has 2 aromatic rings. The van der Waals surface area contributed by atoms with Crippen molar-refractivity contribution in [3.63, 3.8) is 0 Å². The fourth-order valence-electron chi connectivity index (χ4n) is 2.12. The predicted octanol–water partition coefficient (Wildman–Crippen LogP) is 3.40. The Morgan fingerprint density at radius 3 is 2.52 bits per heavy atom. The molecule has 0 saturated carbocycles. The molecule has 1 aromatic carbocycles. The lowest BCUT2D eigenvalue weighted by atomic mass is 10.2. The maximum Gasteiger partial charge on any atom is 0.240 e. The Bertz CT molecular complexity index is 591. The Morgan fingerprint density at radius 1 is 1.24 bits per heavy atom. The molecule has 0 aliphatic heterocycles. The van der Waals surface area contributed by atoms with E-state index in [2.05, 4.69) is 41.2 Å². The van der Waals surface area contributed by atoms with Gasteiger partial charge in [-0.25, -0.2) is 4.98 Å². The summed E-state index contributed by atoms with van der Waals surface area (Å²) in [6, 6.07) is 10.1. The molecule has 0 atom stereocenters. The largest absolute Gasteiger partial charge is 0.301 e. The third-order valence-corrected chi connectivity index (χ3v) is 4.46. The summed E-state index contributed by atoms with van der Waals surface area (Å²) >= 11 is 1.52. The smallest absolute Gasteiger partial charge is 0.240 e. The number of nitrogens with one attached hydrogen (secondary N) is 1. The lowest BCUT2D eigenvalue weighted by Gasteiger charge is -2.16. The minimum absolute atomic E-state index is 0.00735. The maximum atomic E-state index is 12.0. The van der Waals surface area contributed by atoms with E-state index in [1.807, 2.05) is 25.1 Å². The molecule has 0 unspecified atom stereocenters. The van der Waals surface area contributed by atoms with Crippen LogP contribution in [0.5, 0.6) is 0 Å². The number of anilines is 1. The van der Waals surface area contributed by atoms with Crippen LogP contribution in [-0.4, -0.2) is 35.4 Å². The van der Waals surface area contributed by atoms with Crippen LogP contribution in [0.4, 0.5) is 5.13 Å². The summed E-state index contributed by atoms with van der Waals surface area (Å²) in [6.45, 7) is 8.23. The van der Waals surface area contributed by atoms with Gasteiger partial charge in [-0.2, -0.15) is 0 Å². The quantitative estimate of drug-likeness (QED) is 0.889. The molecule has 0 radical (unpaired) electrons. The number of amides is 1. The average Bonchev–Trinajstić information content (AvgIpc) is 2.86. The normalized spacial score (nSPS) is 10.9. The lowest BCUT2D eigenvalue weighted by Crippen LogP contribution is -2.32.